The number of carbonyl (C=O) groups excluding carboxylic acids is 3. The molecular weight excluding hydrogens is 1040 g/mol. The van der Waals surface area contributed by atoms with Gasteiger partial charge in [0.25, 0.3) is 0 Å². The molecular formula is C71H112O12. The standard InChI is InChI=1S/C71H112O12/c1-4-7-10-13-16-19-22-25-28-30-32-34-37-39-42-45-48-51-54-57-63(72)79-60-62(81-64(73)58-55-52-49-46-43-40-36-27-24-21-18-15-12-9-6-3)61-80-71-69(67(76)66(75)68(83-71)70(77)78)82-65(74)59-56-53-50-47-44-41-38-35-33-31-29-26-23-20-17-14-11-8-5-2/h8-9,11-12,17-18,20-21,25-29,33,35-36,41,43-44,46,50,53,62,66-69,71,75-76H,4-7,10,13-16,19,22-24,30-32,34,37-40,42,45,47-49,51-52,54-61H2,1-3H3,(H,77,78)/b11-8-,12-9-,20-17-,21-18-,28-25-,29-26-,35-33-,36-27-,44-41-,46-43-,53-50-. The van der Waals surface area contributed by atoms with E-state index in [9.17, 15) is 34.5 Å². The molecule has 0 spiro atoms. The molecule has 1 aliphatic rings. The molecule has 0 aromatic carbocycles. The molecule has 3 N–H and O–H groups in total. The molecule has 0 amide bonds. The molecule has 0 aromatic heterocycles. The Morgan fingerprint density at radius 2 is 0.783 bits per heavy atom. The van der Waals surface area contributed by atoms with Crippen molar-refractivity contribution in [1.29, 1.82) is 0 Å². The Morgan fingerprint density at radius 3 is 1.24 bits per heavy atom. The van der Waals surface area contributed by atoms with Gasteiger partial charge in [0.1, 0.15) is 18.8 Å². The topological polar surface area (TPSA) is 175 Å². The summed E-state index contributed by atoms with van der Waals surface area (Å²) >= 11 is 0. The van der Waals surface area contributed by atoms with Crippen LogP contribution in [0.4, 0.5) is 0 Å². The van der Waals surface area contributed by atoms with Crippen LogP contribution in [0.5, 0.6) is 0 Å². The Morgan fingerprint density at radius 1 is 0.410 bits per heavy atom. The average Bonchev–Trinajstić information content (AvgIpc) is 3.60. The number of unbranched alkanes of at least 4 members (excludes halogenated alkanes) is 17. The average molecular weight is 1160 g/mol. The number of aliphatic hydroxyl groups is 2. The second-order valence-corrected chi connectivity index (χ2v) is 21.3. The lowest BCUT2D eigenvalue weighted by atomic mass is 9.98. The lowest BCUT2D eigenvalue weighted by molar-refractivity contribution is -0.301. The van der Waals surface area contributed by atoms with Crippen molar-refractivity contribution in [3.8, 4) is 0 Å². The van der Waals surface area contributed by atoms with Crippen molar-refractivity contribution >= 4 is 23.9 Å². The van der Waals surface area contributed by atoms with E-state index in [4.69, 9.17) is 23.7 Å². The molecule has 12 nitrogen and oxygen atoms in total. The number of hydrogen-bond acceptors (Lipinski definition) is 11. The monoisotopic (exact) mass is 1160 g/mol. The van der Waals surface area contributed by atoms with Gasteiger partial charge in [-0.3, -0.25) is 14.4 Å². The van der Waals surface area contributed by atoms with E-state index in [2.05, 4.69) is 136 Å². The summed E-state index contributed by atoms with van der Waals surface area (Å²) in [7, 11) is 0. The molecule has 0 aromatic rings. The number of carboxylic acids is 1. The highest BCUT2D eigenvalue weighted by molar-refractivity contribution is 5.74. The lowest BCUT2D eigenvalue weighted by Gasteiger charge is -2.40. The van der Waals surface area contributed by atoms with Crippen molar-refractivity contribution in [2.75, 3.05) is 13.2 Å². The smallest absolute Gasteiger partial charge is 0.335 e. The van der Waals surface area contributed by atoms with Crippen LogP contribution in [0.1, 0.15) is 239 Å². The van der Waals surface area contributed by atoms with Gasteiger partial charge < -0.3 is 39.0 Å². The van der Waals surface area contributed by atoms with Gasteiger partial charge in [0, 0.05) is 19.3 Å². The van der Waals surface area contributed by atoms with E-state index in [1.54, 1.807) is 0 Å². The van der Waals surface area contributed by atoms with Crippen LogP contribution in [0.25, 0.3) is 0 Å². The van der Waals surface area contributed by atoms with Crippen LogP contribution >= 0.6 is 0 Å². The zero-order valence-corrected chi connectivity index (χ0v) is 51.6. The van der Waals surface area contributed by atoms with Gasteiger partial charge in [-0.25, -0.2) is 4.79 Å². The summed E-state index contributed by atoms with van der Waals surface area (Å²) in [5.74, 6) is -3.30. The second-order valence-electron chi connectivity index (χ2n) is 21.3. The number of carboxylic acid groups (broad SMARTS) is 1. The van der Waals surface area contributed by atoms with Gasteiger partial charge in [0.15, 0.2) is 24.6 Å². The molecule has 1 saturated heterocycles. The highest BCUT2D eigenvalue weighted by Gasteiger charge is 2.50. The normalized spacial score (nSPS) is 18.5. The first-order chi connectivity index (χ1) is 40.6. The number of esters is 3. The van der Waals surface area contributed by atoms with Gasteiger partial charge in [-0.15, -0.1) is 0 Å². The number of aliphatic hydroxyl groups excluding tert-OH is 2. The molecule has 6 unspecified atom stereocenters. The van der Waals surface area contributed by atoms with Crippen molar-refractivity contribution in [1.82, 2.24) is 0 Å². The summed E-state index contributed by atoms with van der Waals surface area (Å²) in [6.45, 7) is 5.70. The van der Waals surface area contributed by atoms with Gasteiger partial charge in [0.2, 0.25) is 0 Å². The predicted molar refractivity (Wildman–Crippen MR) is 340 cm³/mol. The summed E-state index contributed by atoms with van der Waals surface area (Å²) in [6.07, 6.45) is 68.6. The maximum absolute atomic E-state index is 13.2. The third kappa shape index (κ3) is 46.9. The Balaban J connectivity index is 2.73. The molecule has 1 aliphatic heterocycles. The van der Waals surface area contributed by atoms with Crippen LogP contribution in [0.3, 0.4) is 0 Å². The Bertz CT molecular complexity index is 1950. The van der Waals surface area contributed by atoms with Crippen molar-refractivity contribution in [2.24, 2.45) is 0 Å². The van der Waals surface area contributed by atoms with Crippen LogP contribution in [-0.4, -0.2) is 89.2 Å². The van der Waals surface area contributed by atoms with Crippen molar-refractivity contribution in [3.63, 3.8) is 0 Å². The van der Waals surface area contributed by atoms with E-state index >= 15 is 0 Å². The number of aliphatic carboxylic acids is 1. The fourth-order valence-corrected chi connectivity index (χ4v) is 8.85. The molecule has 1 rings (SSSR count). The van der Waals surface area contributed by atoms with Gasteiger partial charge in [-0.05, 0) is 122 Å². The Hall–Kier alpha value is -5.14. The molecule has 468 valence electrons. The first-order valence-electron chi connectivity index (χ1n) is 32.2. The number of ether oxygens (including phenoxy) is 5. The van der Waals surface area contributed by atoms with Crippen LogP contribution in [-0.2, 0) is 42.9 Å². The molecule has 0 radical (unpaired) electrons. The lowest BCUT2D eigenvalue weighted by Crippen LogP contribution is -2.61. The summed E-state index contributed by atoms with van der Waals surface area (Å²) in [4.78, 5) is 51.3. The first kappa shape index (κ1) is 75.9. The molecule has 0 aliphatic carbocycles. The maximum Gasteiger partial charge on any atom is 0.335 e. The molecule has 83 heavy (non-hydrogen) atoms. The summed E-state index contributed by atoms with van der Waals surface area (Å²) in [6, 6.07) is 0. The van der Waals surface area contributed by atoms with E-state index in [0.717, 1.165) is 96.3 Å². The van der Waals surface area contributed by atoms with Gasteiger partial charge in [0.05, 0.1) is 6.61 Å². The minimum absolute atomic E-state index is 0.0767. The van der Waals surface area contributed by atoms with Gasteiger partial charge in [-0.1, -0.05) is 231 Å². The van der Waals surface area contributed by atoms with Crippen molar-refractivity contribution in [2.45, 2.75) is 276 Å². The third-order valence-electron chi connectivity index (χ3n) is 13.7. The minimum Gasteiger partial charge on any atom is -0.479 e. The van der Waals surface area contributed by atoms with E-state index in [-0.39, 0.29) is 25.9 Å². The van der Waals surface area contributed by atoms with Crippen LogP contribution in [0, 0.1) is 0 Å². The Labute approximate surface area is 502 Å². The maximum atomic E-state index is 13.2. The van der Waals surface area contributed by atoms with E-state index in [0.29, 0.717) is 25.7 Å². The molecule has 0 saturated carbocycles. The zero-order valence-electron chi connectivity index (χ0n) is 51.6. The zero-order chi connectivity index (χ0) is 60.3. The van der Waals surface area contributed by atoms with Crippen molar-refractivity contribution in [3.05, 3.63) is 134 Å². The SMILES string of the molecule is CC/C=C\C/C=C\C/C=C\C/C=C\C/C=C\C/C=C\CCC(=O)OC1C(OCC(COC(=O)CCCCCCCCCCC/C=C\CCCCCCCC)OC(=O)CCCC/C=C\C/C=C\C/C=C\C/C=C\CC)OC(C(=O)O)C(O)C1O. The third-order valence-corrected chi connectivity index (χ3v) is 13.7. The number of allylic oxidation sites excluding steroid dienone is 22. The molecule has 0 bridgehead atoms. The van der Waals surface area contributed by atoms with E-state index in [1.807, 2.05) is 18.2 Å². The predicted octanol–water partition coefficient (Wildman–Crippen LogP) is 17.3. The summed E-state index contributed by atoms with van der Waals surface area (Å²) in [5, 5.41) is 31.6. The second kappa shape index (κ2) is 57.3. The Kier molecular flexibility index (Phi) is 52.4. The summed E-state index contributed by atoms with van der Waals surface area (Å²) in [5.41, 5.74) is 0. The highest BCUT2D eigenvalue weighted by Crippen LogP contribution is 2.26. The van der Waals surface area contributed by atoms with Crippen molar-refractivity contribution < 1.29 is 58.2 Å². The molecule has 1 heterocycles. The molecule has 1 fully saturated rings. The molecule has 6 atom stereocenters. The van der Waals surface area contributed by atoms with E-state index < -0.39 is 67.3 Å². The fraction of sp³-hybridized carbons (Fsp3) is 0.634. The fourth-order valence-electron chi connectivity index (χ4n) is 8.85. The van der Waals surface area contributed by atoms with Gasteiger partial charge >= 0.3 is 23.9 Å². The first-order valence-corrected chi connectivity index (χ1v) is 32.2. The minimum atomic E-state index is -1.94. The van der Waals surface area contributed by atoms with Crippen LogP contribution in [0.2, 0.25) is 0 Å². The molecule has 12 heteroatoms. The largest absolute Gasteiger partial charge is 0.479 e. The number of hydrogen-bond donors (Lipinski definition) is 3. The highest BCUT2D eigenvalue weighted by atomic mass is 16.7. The van der Waals surface area contributed by atoms with Gasteiger partial charge in [-0.2, -0.15) is 0 Å². The van der Waals surface area contributed by atoms with Crippen LogP contribution in [0.15, 0.2) is 134 Å². The summed E-state index contributed by atoms with van der Waals surface area (Å²) < 4.78 is 28.4. The number of carbonyl (C=O) groups is 4. The quantitative estimate of drug-likeness (QED) is 0.0228. The number of rotatable bonds is 53. The van der Waals surface area contributed by atoms with Crippen LogP contribution < -0.4 is 0 Å². The van der Waals surface area contributed by atoms with E-state index in [1.165, 1.54) is 77.0 Å².